The van der Waals surface area contributed by atoms with Crippen LogP contribution in [0.25, 0.3) is 0 Å². The van der Waals surface area contributed by atoms with Gasteiger partial charge in [0, 0.05) is 5.92 Å². The summed E-state index contributed by atoms with van der Waals surface area (Å²) in [6.45, 7) is 7.14. The molecule has 1 aliphatic carbocycles. The summed E-state index contributed by atoms with van der Waals surface area (Å²) in [7, 11) is 0. The zero-order valence-corrected chi connectivity index (χ0v) is 7.18. The Morgan fingerprint density at radius 3 is 2.73 bits per heavy atom. The SMILES string of the molecule is C=CC12OCC1CCCC2C. The Hall–Kier alpha value is -0.300. The molecule has 3 unspecified atom stereocenters. The predicted octanol–water partition coefficient (Wildman–Crippen LogP) is 2.38. The molecule has 0 bridgehead atoms. The summed E-state index contributed by atoms with van der Waals surface area (Å²) in [6, 6.07) is 0. The van der Waals surface area contributed by atoms with Crippen LogP contribution in [-0.2, 0) is 4.74 Å². The lowest BCUT2D eigenvalue weighted by atomic mass is 9.66. The summed E-state index contributed by atoms with van der Waals surface area (Å²) in [5.41, 5.74) is 0.0816. The van der Waals surface area contributed by atoms with Gasteiger partial charge in [-0.3, -0.25) is 0 Å². The van der Waals surface area contributed by atoms with Crippen LogP contribution in [0.5, 0.6) is 0 Å². The van der Waals surface area contributed by atoms with Gasteiger partial charge in [-0.05, 0) is 18.8 Å². The molecule has 0 N–H and O–H groups in total. The second-order valence-electron chi connectivity index (χ2n) is 3.90. The van der Waals surface area contributed by atoms with Gasteiger partial charge in [0.05, 0.1) is 12.2 Å². The van der Waals surface area contributed by atoms with Crippen LogP contribution in [0, 0.1) is 11.8 Å². The van der Waals surface area contributed by atoms with Gasteiger partial charge in [0.15, 0.2) is 0 Å². The van der Waals surface area contributed by atoms with E-state index >= 15 is 0 Å². The fraction of sp³-hybridized carbons (Fsp3) is 0.800. The smallest absolute Gasteiger partial charge is 0.0935 e. The number of ether oxygens (including phenoxy) is 1. The van der Waals surface area contributed by atoms with Gasteiger partial charge in [0.25, 0.3) is 0 Å². The maximum Gasteiger partial charge on any atom is 0.0935 e. The van der Waals surface area contributed by atoms with Crippen LogP contribution in [0.2, 0.25) is 0 Å². The van der Waals surface area contributed by atoms with E-state index < -0.39 is 0 Å². The minimum absolute atomic E-state index is 0.0816. The average Bonchev–Trinajstić information content (AvgIpc) is 1.96. The Bertz CT molecular complexity index is 168. The molecule has 3 atom stereocenters. The van der Waals surface area contributed by atoms with E-state index in [0.717, 1.165) is 12.5 Å². The van der Waals surface area contributed by atoms with Crippen LogP contribution in [-0.4, -0.2) is 12.2 Å². The number of rotatable bonds is 1. The Labute approximate surface area is 68.4 Å². The first-order chi connectivity index (χ1) is 5.29. The minimum Gasteiger partial charge on any atom is -0.370 e. The third kappa shape index (κ3) is 0.807. The lowest BCUT2D eigenvalue weighted by Gasteiger charge is -2.54. The molecule has 1 heteroatoms. The molecule has 11 heavy (non-hydrogen) atoms. The van der Waals surface area contributed by atoms with E-state index in [4.69, 9.17) is 4.74 Å². The van der Waals surface area contributed by atoms with Crippen LogP contribution >= 0.6 is 0 Å². The molecule has 0 aromatic heterocycles. The first-order valence-electron chi connectivity index (χ1n) is 4.57. The highest BCUT2D eigenvalue weighted by Crippen LogP contribution is 2.48. The summed E-state index contributed by atoms with van der Waals surface area (Å²) >= 11 is 0. The van der Waals surface area contributed by atoms with Crippen LogP contribution in [0.15, 0.2) is 12.7 Å². The van der Waals surface area contributed by atoms with Crippen molar-refractivity contribution in [3.8, 4) is 0 Å². The summed E-state index contributed by atoms with van der Waals surface area (Å²) in [6.07, 6.45) is 6.06. The van der Waals surface area contributed by atoms with Crippen molar-refractivity contribution < 1.29 is 4.74 Å². The molecule has 1 saturated carbocycles. The van der Waals surface area contributed by atoms with Crippen LogP contribution in [0.1, 0.15) is 26.2 Å². The van der Waals surface area contributed by atoms with Crippen molar-refractivity contribution in [1.29, 1.82) is 0 Å². The van der Waals surface area contributed by atoms with E-state index in [1.54, 1.807) is 0 Å². The van der Waals surface area contributed by atoms with Crippen molar-refractivity contribution in [3.63, 3.8) is 0 Å². The van der Waals surface area contributed by atoms with Crippen molar-refractivity contribution in [2.45, 2.75) is 31.8 Å². The molecule has 0 aromatic carbocycles. The van der Waals surface area contributed by atoms with E-state index in [1.807, 2.05) is 6.08 Å². The third-order valence-corrected chi connectivity index (χ3v) is 3.45. The van der Waals surface area contributed by atoms with Gasteiger partial charge >= 0.3 is 0 Å². The highest BCUT2D eigenvalue weighted by atomic mass is 16.5. The normalized spacial score (nSPS) is 49.2. The van der Waals surface area contributed by atoms with E-state index in [0.29, 0.717) is 5.92 Å². The summed E-state index contributed by atoms with van der Waals surface area (Å²) < 4.78 is 5.67. The highest BCUT2D eigenvalue weighted by Gasteiger charge is 2.51. The fourth-order valence-electron chi connectivity index (χ4n) is 2.57. The molecule has 1 saturated heterocycles. The quantitative estimate of drug-likeness (QED) is 0.524. The van der Waals surface area contributed by atoms with E-state index in [2.05, 4.69) is 13.5 Å². The Kier molecular flexibility index (Phi) is 1.57. The molecule has 0 spiro atoms. The second-order valence-corrected chi connectivity index (χ2v) is 3.90. The number of hydrogen-bond donors (Lipinski definition) is 0. The van der Waals surface area contributed by atoms with Crippen molar-refractivity contribution >= 4 is 0 Å². The first kappa shape index (κ1) is 7.35. The van der Waals surface area contributed by atoms with Gasteiger partial charge in [-0.25, -0.2) is 0 Å². The zero-order chi connectivity index (χ0) is 7.90. The lowest BCUT2D eigenvalue weighted by Crippen LogP contribution is -2.58. The van der Waals surface area contributed by atoms with Crippen LogP contribution in [0.3, 0.4) is 0 Å². The molecule has 2 aliphatic rings. The largest absolute Gasteiger partial charge is 0.370 e. The Morgan fingerprint density at radius 2 is 2.36 bits per heavy atom. The minimum atomic E-state index is 0.0816. The maximum atomic E-state index is 5.67. The molecular formula is C10H16O. The molecule has 2 fully saturated rings. The van der Waals surface area contributed by atoms with Gasteiger partial charge in [0.1, 0.15) is 0 Å². The van der Waals surface area contributed by atoms with Crippen LogP contribution < -0.4 is 0 Å². The standard InChI is InChI=1S/C10H16O/c1-3-10-8(2)5-4-6-9(10)7-11-10/h3,8-9H,1,4-7H2,2H3. The van der Waals surface area contributed by atoms with E-state index in [9.17, 15) is 0 Å². The van der Waals surface area contributed by atoms with E-state index in [1.165, 1.54) is 19.3 Å². The molecule has 1 aliphatic heterocycles. The summed E-state index contributed by atoms with van der Waals surface area (Å²) in [5, 5.41) is 0. The van der Waals surface area contributed by atoms with Gasteiger partial charge in [0.2, 0.25) is 0 Å². The molecule has 1 heterocycles. The molecular weight excluding hydrogens is 136 g/mol. The molecule has 0 radical (unpaired) electrons. The topological polar surface area (TPSA) is 9.23 Å². The molecule has 2 rings (SSSR count). The third-order valence-electron chi connectivity index (χ3n) is 3.45. The summed E-state index contributed by atoms with van der Waals surface area (Å²) in [5.74, 6) is 1.47. The molecule has 0 aromatic rings. The Balaban J connectivity index is 2.19. The maximum absolute atomic E-state index is 5.67. The van der Waals surface area contributed by atoms with Crippen LogP contribution in [0.4, 0.5) is 0 Å². The van der Waals surface area contributed by atoms with Crippen molar-refractivity contribution in [3.05, 3.63) is 12.7 Å². The lowest BCUT2D eigenvalue weighted by molar-refractivity contribution is -0.216. The number of hydrogen-bond acceptors (Lipinski definition) is 1. The van der Waals surface area contributed by atoms with Crippen molar-refractivity contribution in [2.75, 3.05) is 6.61 Å². The van der Waals surface area contributed by atoms with Gasteiger partial charge in [-0.1, -0.05) is 19.4 Å². The average molecular weight is 152 g/mol. The Morgan fingerprint density at radius 1 is 1.55 bits per heavy atom. The zero-order valence-electron chi connectivity index (χ0n) is 7.18. The monoisotopic (exact) mass is 152 g/mol. The van der Waals surface area contributed by atoms with Crippen molar-refractivity contribution in [1.82, 2.24) is 0 Å². The summed E-state index contributed by atoms with van der Waals surface area (Å²) in [4.78, 5) is 0. The molecule has 1 nitrogen and oxygen atoms in total. The van der Waals surface area contributed by atoms with Gasteiger partial charge in [-0.15, -0.1) is 6.58 Å². The number of fused-ring (bicyclic) bond motifs is 1. The molecule has 62 valence electrons. The van der Waals surface area contributed by atoms with Crippen molar-refractivity contribution in [2.24, 2.45) is 11.8 Å². The fourth-order valence-corrected chi connectivity index (χ4v) is 2.57. The molecule has 0 amide bonds. The van der Waals surface area contributed by atoms with E-state index in [-0.39, 0.29) is 5.60 Å². The first-order valence-corrected chi connectivity index (χ1v) is 4.57. The van der Waals surface area contributed by atoms with Gasteiger partial charge in [-0.2, -0.15) is 0 Å². The second kappa shape index (κ2) is 2.34. The van der Waals surface area contributed by atoms with Gasteiger partial charge < -0.3 is 4.74 Å². The highest BCUT2D eigenvalue weighted by molar-refractivity contribution is 5.12. The predicted molar refractivity (Wildman–Crippen MR) is 45.4 cm³/mol.